The van der Waals surface area contributed by atoms with Crippen LogP contribution >= 0.6 is 11.3 Å². The molecule has 0 unspecified atom stereocenters. The van der Waals surface area contributed by atoms with Crippen molar-refractivity contribution in [2.75, 3.05) is 5.32 Å². The maximum atomic E-state index is 12.3. The highest BCUT2D eigenvalue weighted by molar-refractivity contribution is 7.15. The number of aliphatic hydroxyl groups is 1. The van der Waals surface area contributed by atoms with Crippen LogP contribution in [0.5, 0.6) is 0 Å². The predicted molar refractivity (Wildman–Crippen MR) is 154 cm³/mol. The maximum Gasteiger partial charge on any atom is 0.249 e. The highest BCUT2D eigenvalue weighted by atomic mass is 32.1. The third-order valence-corrected chi connectivity index (χ3v) is 8.61. The lowest BCUT2D eigenvalue weighted by Gasteiger charge is -2.20. The minimum atomic E-state index is -0.439. The second-order valence-corrected chi connectivity index (χ2v) is 11.5. The third kappa shape index (κ3) is 5.83. The summed E-state index contributed by atoms with van der Waals surface area (Å²) in [4.78, 5) is 14.8. The normalized spacial score (nSPS) is 18.0. The van der Waals surface area contributed by atoms with Crippen LogP contribution in [0.25, 0.3) is 10.4 Å². The fourth-order valence-corrected chi connectivity index (χ4v) is 6.28. The molecule has 1 saturated carbocycles. The number of carbonyl (C=O) groups excluding carboxylic acids is 1. The van der Waals surface area contributed by atoms with Crippen LogP contribution in [-0.4, -0.2) is 32.9 Å². The van der Waals surface area contributed by atoms with E-state index in [1.54, 1.807) is 22.2 Å². The van der Waals surface area contributed by atoms with Crippen LogP contribution < -0.4 is 16.4 Å². The Morgan fingerprint density at radius 3 is 2.76 bits per heavy atom. The van der Waals surface area contributed by atoms with Crippen molar-refractivity contribution >= 4 is 28.6 Å². The first kappa shape index (κ1) is 26.2. The molecule has 0 aliphatic heterocycles. The van der Waals surface area contributed by atoms with Crippen molar-refractivity contribution in [1.29, 1.82) is 0 Å². The van der Waals surface area contributed by atoms with Crippen LogP contribution in [0.4, 0.5) is 11.4 Å². The molecule has 1 amide bonds. The second kappa shape index (κ2) is 11.1. The number of rotatable bonds is 9. The maximum absolute atomic E-state index is 12.3. The highest BCUT2D eigenvalue weighted by Crippen LogP contribution is 2.35. The monoisotopic (exact) mass is 529 g/mol. The molecule has 0 bridgehead atoms. The van der Waals surface area contributed by atoms with Gasteiger partial charge in [-0.2, -0.15) is 5.10 Å². The molecule has 2 aromatic carbocycles. The molecular formula is C30H35N5O2S. The standard InChI is InChI=1S/C30H35N5O2S/c1-18(27-13-23(14-28(19(27)2)30(31)37)34-24-15-33-35(3)17-24)20-5-4-6-21(11-20)29-10-9-26(38-29)16-32-22-7-8-25(36)12-22/h4-6,9-11,13-15,17-18,22,25,32,34,36H,7-8,12,16H2,1-3H3,(H2,31,37)/t18-,22+,25-/m1/s1. The number of thiophene rings is 1. The molecule has 5 N–H and O–H groups in total. The van der Waals surface area contributed by atoms with Crippen LogP contribution in [0.2, 0.25) is 0 Å². The summed E-state index contributed by atoms with van der Waals surface area (Å²) in [5.74, 6) is -0.384. The van der Waals surface area contributed by atoms with E-state index in [2.05, 4.69) is 65.1 Å². The topological polar surface area (TPSA) is 105 Å². The molecule has 1 fully saturated rings. The van der Waals surface area contributed by atoms with E-state index in [9.17, 15) is 9.90 Å². The molecule has 3 atom stereocenters. The molecule has 2 heterocycles. The number of aryl methyl sites for hydroxylation is 1. The van der Waals surface area contributed by atoms with Gasteiger partial charge in [-0.1, -0.05) is 25.1 Å². The Balaban J connectivity index is 1.38. The highest BCUT2D eigenvalue weighted by Gasteiger charge is 2.22. The zero-order valence-corrected chi connectivity index (χ0v) is 22.9. The van der Waals surface area contributed by atoms with Crippen molar-refractivity contribution in [3.05, 3.63) is 88.1 Å². The number of aromatic nitrogens is 2. The number of benzene rings is 2. The zero-order chi connectivity index (χ0) is 26.8. The average molecular weight is 530 g/mol. The number of carbonyl (C=O) groups is 1. The number of hydrogen-bond acceptors (Lipinski definition) is 6. The van der Waals surface area contributed by atoms with Gasteiger partial charge in [-0.3, -0.25) is 9.48 Å². The van der Waals surface area contributed by atoms with Gasteiger partial charge in [0.1, 0.15) is 0 Å². The van der Waals surface area contributed by atoms with Gasteiger partial charge in [-0.05, 0) is 78.8 Å². The van der Waals surface area contributed by atoms with Crippen molar-refractivity contribution in [2.45, 2.75) is 57.7 Å². The lowest BCUT2D eigenvalue weighted by atomic mass is 9.86. The van der Waals surface area contributed by atoms with Crippen molar-refractivity contribution < 1.29 is 9.90 Å². The molecule has 8 heteroatoms. The Morgan fingerprint density at radius 1 is 1.21 bits per heavy atom. The quantitative estimate of drug-likeness (QED) is 0.231. The first-order valence-corrected chi connectivity index (χ1v) is 13.9. The lowest BCUT2D eigenvalue weighted by molar-refractivity contribution is 0.0999. The van der Waals surface area contributed by atoms with E-state index in [0.717, 1.165) is 48.3 Å². The van der Waals surface area contributed by atoms with E-state index in [-0.39, 0.29) is 12.0 Å². The molecule has 1 aliphatic carbocycles. The average Bonchev–Trinajstić information content (AvgIpc) is 3.64. The van der Waals surface area contributed by atoms with Gasteiger partial charge in [0.2, 0.25) is 5.91 Å². The minimum Gasteiger partial charge on any atom is -0.393 e. The Hall–Kier alpha value is -3.46. The van der Waals surface area contributed by atoms with E-state index in [0.29, 0.717) is 11.6 Å². The Labute approximate surface area is 227 Å². The van der Waals surface area contributed by atoms with Gasteiger partial charge in [0.25, 0.3) is 0 Å². The molecule has 0 spiro atoms. The molecule has 2 aromatic heterocycles. The van der Waals surface area contributed by atoms with Crippen molar-refractivity contribution in [2.24, 2.45) is 12.8 Å². The largest absolute Gasteiger partial charge is 0.393 e. The summed E-state index contributed by atoms with van der Waals surface area (Å²) in [7, 11) is 1.86. The smallest absolute Gasteiger partial charge is 0.249 e. The summed E-state index contributed by atoms with van der Waals surface area (Å²) in [5, 5.41) is 20.9. The molecule has 198 valence electrons. The Bertz CT molecular complexity index is 1440. The van der Waals surface area contributed by atoms with Crippen LogP contribution in [-0.2, 0) is 13.6 Å². The summed E-state index contributed by atoms with van der Waals surface area (Å²) in [6.45, 7) is 4.95. The third-order valence-electron chi connectivity index (χ3n) is 7.48. The number of anilines is 2. The summed E-state index contributed by atoms with van der Waals surface area (Å²) in [6.07, 6.45) is 6.24. The molecule has 0 saturated heterocycles. The number of primary amides is 1. The number of nitrogens with one attached hydrogen (secondary N) is 2. The first-order valence-electron chi connectivity index (χ1n) is 13.1. The molecule has 4 aromatic rings. The van der Waals surface area contributed by atoms with E-state index in [1.807, 2.05) is 26.2 Å². The zero-order valence-electron chi connectivity index (χ0n) is 22.1. The Morgan fingerprint density at radius 2 is 2.05 bits per heavy atom. The number of aliphatic hydroxyl groups excluding tert-OH is 1. The minimum absolute atomic E-state index is 0.0543. The summed E-state index contributed by atoms with van der Waals surface area (Å²) >= 11 is 1.80. The van der Waals surface area contributed by atoms with E-state index in [1.165, 1.54) is 20.9 Å². The summed E-state index contributed by atoms with van der Waals surface area (Å²) < 4.78 is 1.73. The first-order chi connectivity index (χ1) is 18.3. The van der Waals surface area contributed by atoms with Gasteiger partial charge in [0.15, 0.2) is 0 Å². The van der Waals surface area contributed by atoms with Gasteiger partial charge >= 0.3 is 0 Å². The molecule has 1 aliphatic rings. The summed E-state index contributed by atoms with van der Waals surface area (Å²) in [5.41, 5.74) is 12.2. The molecule has 0 radical (unpaired) electrons. The van der Waals surface area contributed by atoms with E-state index in [4.69, 9.17) is 5.73 Å². The van der Waals surface area contributed by atoms with Gasteiger partial charge in [-0.25, -0.2) is 0 Å². The van der Waals surface area contributed by atoms with Gasteiger partial charge in [0.05, 0.1) is 18.0 Å². The van der Waals surface area contributed by atoms with Crippen LogP contribution in [0, 0.1) is 6.92 Å². The Kier molecular flexibility index (Phi) is 7.65. The lowest BCUT2D eigenvalue weighted by Crippen LogP contribution is -2.25. The second-order valence-electron chi connectivity index (χ2n) is 10.3. The van der Waals surface area contributed by atoms with E-state index < -0.39 is 5.91 Å². The number of nitrogens with two attached hydrogens (primary N) is 1. The van der Waals surface area contributed by atoms with Gasteiger partial charge in [-0.15, -0.1) is 11.3 Å². The molecule has 38 heavy (non-hydrogen) atoms. The summed E-state index contributed by atoms with van der Waals surface area (Å²) in [6, 6.07) is 17.3. The van der Waals surface area contributed by atoms with Gasteiger partial charge < -0.3 is 21.5 Å². The fraction of sp³-hybridized carbons (Fsp3) is 0.333. The fourth-order valence-electron chi connectivity index (χ4n) is 5.32. The predicted octanol–water partition coefficient (Wildman–Crippen LogP) is 5.45. The van der Waals surface area contributed by atoms with E-state index >= 15 is 0 Å². The van der Waals surface area contributed by atoms with Crippen molar-refractivity contribution in [1.82, 2.24) is 15.1 Å². The van der Waals surface area contributed by atoms with Crippen molar-refractivity contribution in [3.63, 3.8) is 0 Å². The molecular weight excluding hydrogens is 494 g/mol. The SMILES string of the molecule is Cc1c(C(N)=O)cc(Nc2cnn(C)c2)cc1[C@H](C)c1cccc(-c2ccc(CN[C@H]3CC[C@@H](O)C3)s2)c1. The number of hydrogen-bond donors (Lipinski definition) is 4. The number of amides is 1. The molecule has 5 rings (SSSR count). The molecule has 7 nitrogen and oxygen atoms in total. The van der Waals surface area contributed by atoms with Gasteiger partial charge in [0, 0.05) is 52.8 Å². The van der Waals surface area contributed by atoms with Crippen LogP contribution in [0.1, 0.15) is 64.0 Å². The van der Waals surface area contributed by atoms with Crippen molar-refractivity contribution in [3.8, 4) is 10.4 Å². The van der Waals surface area contributed by atoms with Crippen LogP contribution in [0.3, 0.4) is 0 Å². The van der Waals surface area contributed by atoms with Crippen LogP contribution in [0.15, 0.2) is 60.9 Å². The number of nitrogens with zero attached hydrogens (tertiary/aromatic N) is 2.